The van der Waals surface area contributed by atoms with Crippen molar-refractivity contribution in [3.8, 4) is 11.4 Å². The molecule has 22 heavy (non-hydrogen) atoms. The minimum absolute atomic E-state index is 0.209. The third kappa shape index (κ3) is 2.70. The van der Waals surface area contributed by atoms with Crippen LogP contribution in [-0.4, -0.2) is 16.1 Å². The average Bonchev–Trinajstić information content (AvgIpc) is 2.90. The molecule has 0 unspecified atom stereocenters. The molecule has 0 aliphatic heterocycles. The van der Waals surface area contributed by atoms with Gasteiger partial charge in [-0.05, 0) is 24.3 Å². The lowest BCUT2D eigenvalue weighted by Gasteiger charge is -2.12. The largest absolute Gasteiger partial charge is 0.495 e. The molecular formula is C15H12ClN3O2S. The highest BCUT2D eigenvalue weighted by Gasteiger charge is 2.15. The number of ether oxygens (including phenoxy) is 1. The fourth-order valence-corrected chi connectivity index (χ4v) is 2.78. The maximum atomic E-state index is 12.2. The second kappa shape index (κ2) is 6.21. The minimum Gasteiger partial charge on any atom is -0.495 e. The van der Waals surface area contributed by atoms with Gasteiger partial charge in [0, 0.05) is 11.5 Å². The maximum absolute atomic E-state index is 12.2. The summed E-state index contributed by atoms with van der Waals surface area (Å²) in [5, 5.41) is 3.64. The van der Waals surface area contributed by atoms with E-state index in [0.717, 1.165) is 11.5 Å². The first-order chi connectivity index (χ1) is 10.7. The van der Waals surface area contributed by atoms with Gasteiger partial charge in [-0.2, -0.15) is 4.37 Å². The predicted molar refractivity (Wildman–Crippen MR) is 89.0 cm³/mol. The number of aromatic nitrogens is 2. The number of para-hydroxylation sites is 3. The number of rotatable bonds is 4. The monoisotopic (exact) mass is 333 g/mol. The van der Waals surface area contributed by atoms with Crippen molar-refractivity contribution in [3.05, 3.63) is 63.2 Å². The fraction of sp³-hybridized carbons (Fsp3) is 0.0667. The highest BCUT2D eigenvalue weighted by Crippen LogP contribution is 2.28. The molecule has 0 saturated heterocycles. The van der Waals surface area contributed by atoms with E-state index in [2.05, 4.69) is 9.69 Å². The summed E-state index contributed by atoms with van der Waals surface area (Å²) in [4.78, 5) is 12.0. The highest BCUT2D eigenvalue weighted by atomic mass is 35.5. The Morgan fingerprint density at radius 3 is 2.68 bits per heavy atom. The first kappa shape index (κ1) is 14.6. The van der Waals surface area contributed by atoms with E-state index in [1.54, 1.807) is 25.3 Å². The lowest BCUT2D eigenvalue weighted by molar-refractivity contribution is 0.413. The Morgan fingerprint density at radius 2 is 1.91 bits per heavy atom. The average molecular weight is 334 g/mol. The standard InChI is InChI=1S/C15H12ClN3O2S/c1-21-13-9-5-4-8-12(13)19-14(18-22-15(19)20)17-11-7-3-2-6-10(11)16/h2-9H,1H3,(H,17,18). The molecule has 0 saturated carbocycles. The van der Waals surface area contributed by atoms with Gasteiger partial charge in [-0.1, -0.05) is 35.9 Å². The Hall–Kier alpha value is -2.31. The number of hydrogen-bond acceptors (Lipinski definition) is 5. The Balaban J connectivity index is 2.09. The van der Waals surface area contributed by atoms with E-state index in [1.807, 2.05) is 30.3 Å². The van der Waals surface area contributed by atoms with E-state index in [0.29, 0.717) is 28.1 Å². The minimum atomic E-state index is -0.209. The molecule has 0 amide bonds. The van der Waals surface area contributed by atoms with Gasteiger partial charge in [0.15, 0.2) is 0 Å². The zero-order valence-electron chi connectivity index (χ0n) is 11.6. The Kier molecular flexibility index (Phi) is 4.13. The zero-order valence-corrected chi connectivity index (χ0v) is 13.2. The topological polar surface area (TPSA) is 56.1 Å². The smallest absolute Gasteiger partial charge is 0.332 e. The van der Waals surface area contributed by atoms with Gasteiger partial charge in [0.05, 0.1) is 23.5 Å². The van der Waals surface area contributed by atoms with E-state index < -0.39 is 0 Å². The van der Waals surface area contributed by atoms with Crippen LogP contribution in [0, 0.1) is 0 Å². The molecule has 0 aliphatic carbocycles. The number of nitrogens with one attached hydrogen (secondary N) is 1. The molecule has 0 bridgehead atoms. The van der Waals surface area contributed by atoms with Crippen molar-refractivity contribution < 1.29 is 4.74 Å². The third-order valence-electron chi connectivity index (χ3n) is 3.05. The molecule has 3 aromatic rings. The van der Waals surface area contributed by atoms with E-state index in [4.69, 9.17) is 16.3 Å². The van der Waals surface area contributed by atoms with E-state index in [-0.39, 0.29) is 4.87 Å². The number of halogens is 1. The molecule has 1 aromatic heterocycles. The highest BCUT2D eigenvalue weighted by molar-refractivity contribution is 7.03. The Bertz CT molecular complexity index is 860. The third-order valence-corrected chi connectivity index (χ3v) is 3.98. The van der Waals surface area contributed by atoms with Crippen molar-refractivity contribution in [3.63, 3.8) is 0 Å². The number of anilines is 2. The van der Waals surface area contributed by atoms with Gasteiger partial charge in [0.2, 0.25) is 5.95 Å². The number of methoxy groups -OCH3 is 1. The van der Waals surface area contributed by atoms with Crippen molar-refractivity contribution in [1.29, 1.82) is 0 Å². The van der Waals surface area contributed by atoms with Crippen LogP contribution in [0.1, 0.15) is 0 Å². The second-order valence-corrected chi connectivity index (χ2v) is 5.51. The molecule has 7 heteroatoms. The lowest BCUT2D eigenvalue weighted by atomic mass is 10.3. The van der Waals surface area contributed by atoms with Crippen LogP contribution < -0.4 is 14.9 Å². The van der Waals surface area contributed by atoms with Gasteiger partial charge in [0.1, 0.15) is 5.75 Å². The van der Waals surface area contributed by atoms with Crippen LogP contribution in [0.15, 0.2) is 53.3 Å². The van der Waals surface area contributed by atoms with Crippen LogP contribution in [0.2, 0.25) is 5.02 Å². The summed E-state index contributed by atoms with van der Waals surface area (Å²) >= 11 is 7.01. The van der Waals surface area contributed by atoms with Crippen molar-refractivity contribution in [2.24, 2.45) is 0 Å². The molecule has 1 N–H and O–H groups in total. The molecule has 112 valence electrons. The molecule has 1 heterocycles. The number of benzene rings is 2. The quantitative estimate of drug-likeness (QED) is 0.791. The Morgan fingerprint density at radius 1 is 1.18 bits per heavy atom. The molecule has 0 aliphatic rings. The molecule has 2 aromatic carbocycles. The van der Waals surface area contributed by atoms with Gasteiger partial charge in [-0.25, -0.2) is 4.57 Å². The molecule has 3 rings (SSSR count). The van der Waals surface area contributed by atoms with Crippen molar-refractivity contribution >= 4 is 34.8 Å². The van der Waals surface area contributed by atoms with Crippen LogP contribution in [0.5, 0.6) is 5.75 Å². The maximum Gasteiger partial charge on any atom is 0.332 e. The molecule has 0 atom stereocenters. The number of nitrogens with zero attached hydrogens (tertiary/aromatic N) is 2. The fourth-order valence-electron chi connectivity index (χ4n) is 2.04. The predicted octanol–water partition coefficient (Wildman–Crippen LogP) is 3.70. The molecule has 5 nitrogen and oxygen atoms in total. The summed E-state index contributed by atoms with van der Waals surface area (Å²) in [6, 6.07) is 14.5. The number of hydrogen-bond donors (Lipinski definition) is 1. The lowest BCUT2D eigenvalue weighted by Crippen LogP contribution is -2.14. The van der Waals surface area contributed by atoms with E-state index in [9.17, 15) is 4.79 Å². The van der Waals surface area contributed by atoms with Gasteiger partial charge in [-0.3, -0.25) is 4.79 Å². The molecule has 0 fully saturated rings. The molecule has 0 radical (unpaired) electrons. The van der Waals surface area contributed by atoms with Crippen LogP contribution in [-0.2, 0) is 0 Å². The van der Waals surface area contributed by atoms with Gasteiger partial charge < -0.3 is 10.1 Å². The molecule has 0 spiro atoms. The SMILES string of the molecule is COc1ccccc1-n1c(Nc2ccccc2Cl)nsc1=O. The molecular weight excluding hydrogens is 322 g/mol. The van der Waals surface area contributed by atoms with Gasteiger partial charge >= 0.3 is 4.87 Å². The van der Waals surface area contributed by atoms with Gasteiger partial charge in [0.25, 0.3) is 0 Å². The van der Waals surface area contributed by atoms with Crippen molar-refractivity contribution in [1.82, 2.24) is 8.94 Å². The van der Waals surface area contributed by atoms with Crippen LogP contribution in [0.4, 0.5) is 11.6 Å². The summed E-state index contributed by atoms with van der Waals surface area (Å²) in [5.41, 5.74) is 1.30. The van der Waals surface area contributed by atoms with Crippen molar-refractivity contribution in [2.75, 3.05) is 12.4 Å². The van der Waals surface area contributed by atoms with Crippen LogP contribution in [0.3, 0.4) is 0 Å². The zero-order chi connectivity index (χ0) is 15.5. The van der Waals surface area contributed by atoms with Crippen LogP contribution >= 0.6 is 23.1 Å². The first-order valence-corrected chi connectivity index (χ1v) is 7.59. The normalized spacial score (nSPS) is 10.5. The van der Waals surface area contributed by atoms with Gasteiger partial charge in [-0.15, -0.1) is 0 Å². The van der Waals surface area contributed by atoms with E-state index in [1.165, 1.54) is 4.57 Å². The van der Waals surface area contributed by atoms with E-state index >= 15 is 0 Å². The summed E-state index contributed by atoms with van der Waals surface area (Å²) in [6.07, 6.45) is 0. The van der Waals surface area contributed by atoms with Crippen molar-refractivity contribution in [2.45, 2.75) is 0 Å². The van der Waals surface area contributed by atoms with Crippen LogP contribution in [0.25, 0.3) is 5.69 Å². The summed E-state index contributed by atoms with van der Waals surface area (Å²) in [5.74, 6) is 0.986. The second-order valence-electron chi connectivity index (χ2n) is 4.38. The first-order valence-electron chi connectivity index (χ1n) is 6.44. The summed E-state index contributed by atoms with van der Waals surface area (Å²) in [6.45, 7) is 0. The summed E-state index contributed by atoms with van der Waals surface area (Å²) in [7, 11) is 1.56. The Labute approximate surface area is 135 Å². The summed E-state index contributed by atoms with van der Waals surface area (Å²) < 4.78 is 11.0.